The molecule has 0 N–H and O–H groups in total. The Bertz CT molecular complexity index is 438. The van der Waals surface area contributed by atoms with E-state index in [9.17, 15) is 18.0 Å². The largest absolute Gasteiger partial charge is 0.417 e. The van der Waals surface area contributed by atoms with Gasteiger partial charge in [0.2, 0.25) is 0 Å². The molecule has 0 saturated carbocycles. The Balaban J connectivity index is 3.15. The van der Waals surface area contributed by atoms with Gasteiger partial charge in [0.25, 0.3) is 0 Å². The molecule has 0 spiro atoms. The van der Waals surface area contributed by atoms with Crippen LogP contribution in [0.25, 0.3) is 0 Å². The van der Waals surface area contributed by atoms with Crippen molar-refractivity contribution < 1.29 is 18.0 Å². The van der Waals surface area contributed by atoms with E-state index in [1.807, 2.05) is 0 Å². The van der Waals surface area contributed by atoms with Gasteiger partial charge in [0.15, 0.2) is 5.78 Å². The molecule has 0 saturated heterocycles. The fraction of sp³-hybridized carbons (Fsp3) is 0.250. The topological polar surface area (TPSA) is 17.1 Å². The molecule has 0 heterocycles. The molecule has 0 bridgehead atoms. The molecule has 0 fully saturated rings. The Morgan fingerprint density at radius 1 is 1.41 bits per heavy atom. The van der Waals surface area contributed by atoms with Crippen molar-refractivity contribution in [2.24, 2.45) is 0 Å². The van der Waals surface area contributed by atoms with Gasteiger partial charge in [0.1, 0.15) is 0 Å². The molecule has 92 valence electrons. The minimum Gasteiger partial charge on any atom is -0.294 e. The molecular weight excluding hydrogens is 297 g/mol. The van der Waals surface area contributed by atoms with Crippen molar-refractivity contribution in [3.8, 4) is 0 Å². The van der Waals surface area contributed by atoms with Crippen LogP contribution in [0.15, 0.2) is 35.3 Å². The van der Waals surface area contributed by atoms with Gasteiger partial charge in [-0.15, -0.1) is 6.58 Å². The van der Waals surface area contributed by atoms with Crippen LogP contribution in [0.5, 0.6) is 0 Å². The van der Waals surface area contributed by atoms with Crippen molar-refractivity contribution in [1.29, 1.82) is 0 Å². The summed E-state index contributed by atoms with van der Waals surface area (Å²) in [6.07, 6.45) is -2.62. The molecule has 0 atom stereocenters. The lowest BCUT2D eigenvalue weighted by Gasteiger charge is -2.12. The molecule has 5 heteroatoms. The first-order chi connectivity index (χ1) is 7.86. The summed E-state index contributed by atoms with van der Waals surface area (Å²) in [7, 11) is 0. The second kappa shape index (κ2) is 5.49. The van der Waals surface area contributed by atoms with E-state index in [1.54, 1.807) is 0 Å². The van der Waals surface area contributed by atoms with Gasteiger partial charge in [0, 0.05) is 16.5 Å². The SMILES string of the molecule is C=CCCC(=O)c1ccc(Br)cc1C(F)(F)F. The normalized spacial score (nSPS) is 11.3. The van der Waals surface area contributed by atoms with E-state index in [1.165, 1.54) is 18.2 Å². The molecule has 1 nitrogen and oxygen atoms in total. The van der Waals surface area contributed by atoms with Crippen LogP contribution in [0.3, 0.4) is 0 Å². The van der Waals surface area contributed by atoms with Crippen molar-refractivity contribution in [2.75, 3.05) is 0 Å². The van der Waals surface area contributed by atoms with E-state index < -0.39 is 17.5 Å². The maximum Gasteiger partial charge on any atom is 0.417 e. The highest BCUT2D eigenvalue weighted by Crippen LogP contribution is 2.34. The Morgan fingerprint density at radius 3 is 2.59 bits per heavy atom. The molecule has 1 aromatic carbocycles. The minimum atomic E-state index is -4.52. The fourth-order valence-corrected chi connectivity index (χ4v) is 1.72. The first kappa shape index (κ1) is 14.0. The Kier molecular flexibility index (Phi) is 4.51. The zero-order chi connectivity index (χ0) is 13.1. The molecule has 0 amide bonds. The fourth-order valence-electron chi connectivity index (χ4n) is 1.36. The van der Waals surface area contributed by atoms with E-state index in [0.29, 0.717) is 10.9 Å². The quantitative estimate of drug-likeness (QED) is 0.586. The van der Waals surface area contributed by atoms with Gasteiger partial charge in [0.05, 0.1) is 5.56 Å². The lowest BCUT2D eigenvalue weighted by atomic mass is 10.0. The summed E-state index contributed by atoms with van der Waals surface area (Å²) in [5.41, 5.74) is -1.19. The maximum absolute atomic E-state index is 12.7. The molecule has 0 aliphatic rings. The smallest absolute Gasteiger partial charge is 0.294 e. The summed E-state index contributed by atoms with van der Waals surface area (Å²) in [5, 5.41) is 0. The van der Waals surface area contributed by atoms with Crippen molar-refractivity contribution in [2.45, 2.75) is 19.0 Å². The van der Waals surface area contributed by atoms with Gasteiger partial charge in [-0.2, -0.15) is 13.2 Å². The Morgan fingerprint density at radius 2 is 2.06 bits per heavy atom. The predicted octanol–water partition coefficient (Wildman–Crippen LogP) is 4.62. The van der Waals surface area contributed by atoms with E-state index in [4.69, 9.17) is 0 Å². The number of alkyl halides is 3. The van der Waals surface area contributed by atoms with Gasteiger partial charge in [-0.1, -0.05) is 22.0 Å². The highest BCUT2D eigenvalue weighted by molar-refractivity contribution is 9.10. The number of hydrogen-bond donors (Lipinski definition) is 0. The monoisotopic (exact) mass is 306 g/mol. The minimum absolute atomic E-state index is 0.0359. The van der Waals surface area contributed by atoms with Crippen LogP contribution < -0.4 is 0 Å². The number of carbonyl (C=O) groups is 1. The lowest BCUT2D eigenvalue weighted by molar-refractivity contribution is -0.138. The van der Waals surface area contributed by atoms with E-state index in [2.05, 4.69) is 22.5 Å². The molecule has 1 rings (SSSR count). The second-order valence-electron chi connectivity index (χ2n) is 3.44. The number of ketones is 1. The van der Waals surface area contributed by atoms with Crippen molar-refractivity contribution >= 4 is 21.7 Å². The van der Waals surface area contributed by atoms with E-state index in [0.717, 1.165) is 6.07 Å². The van der Waals surface area contributed by atoms with Crippen LogP contribution in [0.4, 0.5) is 13.2 Å². The maximum atomic E-state index is 12.7. The Hall–Kier alpha value is -1.10. The second-order valence-corrected chi connectivity index (χ2v) is 4.35. The summed E-state index contributed by atoms with van der Waals surface area (Å²) < 4.78 is 38.4. The van der Waals surface area contributed by atoms with Crippen molar-refractivity contribution in [3.63, 3.8) is 0 Å². The van der Waals surface area contributed by atoms with Crippen molar-refractivity contribution in [3.05, 3.63) is 46.5 Å². The number of hydrogen-bond acceptors (Lipinski definition) is 1. The van der Waals surface area contributed by atoms with Crippen LogP contribution in [0.1, 0.15) is 28.8 Å². The third-order valence-electron chi connectivity index (χ3n) is 2.16. The summed E-state index contributed by atoms with van der Waals surface area (Å²) in [5.74, 6) is -0.523. The molecule has 0 aromatic heterocycles. The molecular formula is C12H10BrF3O. The molecule has 1 aromatic rings. The number of rotatable bonds is 4. The molecule has 0 aliphatic heterocycles. The molecule has 0 aliphatic carbocycles. The van der Waals surface area contributed by atoms with Gasteiger partial charge in [-0.05, 0) is 24.6 Å². The summed E-state index contributed by atoms with van der Waals surface area (Å²) in [6.45, 7) is 3.43. The van der Waals surface area contributed by atoms with Gasteiger partial charge in [-0.3, -0.25) is 4.79 Å². The molecule has 0 radical (unpaired) electrons. The first-order valence-corrected chi connectivity index (χ1v) is 5.66. The van der Waals surface area contributed by atoms with Gasteiger partial charge < -0.3 is 0 Å². The highest BCUT2D eigenvalue weighted by atomic mass is 79.9. The zero-order valence-electron chi connectivity index (χ0n) is 8.85. The number of halogens is 4. The number of allylic oxidation sites excluding steroid dienone is 1. The van der Waals surface area contributed by atoms with Crippen molar-refractivity contribution in [1.82, 2.24) is 0 Å². The third-order valence-corrected chi connectivity index (χ3v) is 2.66. The van der Waals surface area contributed by atoms with Crippen LogP contribution in [-0.4, -0.2) is 5.78 Å². The van der Waals surface area contributed by atoms with Gasteiger partial charge >= 0.3 is 6.18 Å². The molecule has 0 unspecified atom stereocenters. The average Bonchev–Trinajstić information content (AvgIpc) is 2.24. The van der Waals surface area contributed by atoms with Crippen LogP contribution in [-0.2, 0) is 6.18 Å². The van der Waals surface area contributed by atoms with E-state index >= 15 is 0 Å². The summed E-state index contributed by atoms with van der Waals surface area (Å²) in [6, 6.07) is 3.54. The van der Waals surface area contributed by atoms with E-state index in [-0.39, 0.29) is 12.0 Å². The lowest BCUT2D eigenvalue weighted by Crippen LogP contribution is -2.13. The summed E-state index contributed by atoms with van der Waals surface area (Å²) >= 11 is 2.96. The van der Waals surface area contributed by atoms with Crippen LogP contribution in [0.2, 0.25) is 0 Å². The number of Topliss-reactive ketones (excluding diaryl/α,β-unsaturated/α-hetero) is 1. The zero-order valence-corrected chi connectivity index (χ0v) is 10.4. The summed E-state index contributed by atoms with van der Waals surface area (Å²) in [4.78, 5) is 11.6. The Labute approximate surface area is 105 Å². The first-order valence-electron chi connectivity index (χ1n) is 4.87. The van der Waals surface area contributed by atoms with Gasteiger partial charge in [-0.25, -0.2) is 0 Å². The van der Waals surface area contributed by atoms with Crippen LogP contribution in [0, 0.1) is 0 Å². The number of benzene rings is 1. The number of carbonyl (C=O) groups excluding carboxylic acids is 1. The standard InChI is InChI=1S/C12H10BrF3O/c1-2-3-4-11(17)9-6-5-8(13)7-10(9)12(14,15)16/h2,5-7H,1,3-4H2. The highest BCUT2D eigenvalue weighted by Gasteiger charge is 2.35. The average molecular weight is 307 g/mol. The predicted molar refractivity (Wildman–Crippen MR) is 62.9 cm³/mol. The molecule has 17 heavy (non-hydrogen) atoms. The third kappa shape index (κ3) is 3.70. The van der Waals surface area contributed by atoms with Crippen LogP contribution >= 0.6 is 15.9 Å².